The molecule has 0 saturated carbocycles. The van der Waals surface area contributed by atoms with Crippen LogP contribution < -0.4 is 5.32 Å². The number of nitrogens with zero attached hydrogens (tertiary/aromatic N) is 2. The van der Waals surface area contributed by atoms with Crippen LogP contribution in [-0.2, 0) is 10.0 Å². The highest BCUT2D eigenvalue weighted by Gasteiger charge is 2.29. The Morgan fingerprint density at radius 1 is 1.14 bits per heavy atom. The van der Waals surface area contributed by atoms with Crippen molar-refractivity contribution in [1.82, 2.24) is 14.5 Å². The third kappa shape index (κ3) is 5.94. The second-order valence-corrected chi connectivity index (χ2v) is 10.6. The summed E-state index contributed by atoms with van der Waals surface area (Å²) in [7, 11) is -3.61. The average Bonchev–Trinajstić information content (AvgIpc) is 2.72. The average molecular weight is 442 g/mol. The molecule has 0 unspecified atom stereocenters. The van der Waals surface area contributed by atoms with Gasteiger partial charge in [-0.1, -0.05) is 24.9 Å². The maximum atomic E-state index is 13.0. The zero-order valence-corrected chi connectivity index (χ0v) is 18.8. The molecule has 0 atom stereocenters. The quantitative estimate of drug-likeness (QED) is 0.658. The molecule has 1 N–H and O–H groups in total. The van der Waals surface area contributed by atoms with Gasteiger partial charge in [-0.3, -0.25) is 4.79 Å². The molecule has 29 heavy (non-hydrogen) atoms. The Morgan fingerprint density at radius 3 is 2.52 bits per heavy atom. The van der Waals surface area contributed by atoms with E-state index in [0.717, 1.165) is 38.9 Å². The lowest BCUT2D eigenvalue weighted by Crippen LogP contribution is -2.38. The van der Waals surface area contributed by atoms with Crippen LogP contribution >= 0.6 is 11.6 Å². The highest BCUT2D eigenvalue weighted by molar-refractivity contribution is 7.89. The minimum atomic E-state index is -3.61. The minimum absolute atomic E-state index is 0.134. The Bertz CT molecular complexity index is 801. The highest BCUT2D eigenvalue weighted by Crippen LogP contribution is 2.26. The Balaban J connectivity index is 1.59. The summed E-state index contributed by atoms with van der Waals surface area (Å²) in [5, 5.41) is 3.15. The van der Waals surface area contributed by atoms with E-state index in [4.69, 9.17) is 11.6 Å². The summed E-state index contributed by atoms with van der Waals surface area (Å²) >= 11 is 6.20. The molecule has 2 aliphatic heterocycles. The van der Waals surface area contributed by atoms with Crippen LogP contribution in [0.25, 0.3) is 0 Å². The number of piperidine rings is 2. The Labute approximate surface area is 179 Å². The van der Waals surface area contributed by atoms with Crippen LogP contribution in [-0.4, -0.2) is 62.8 Å². The van der Waals surface area contributed by atoms with Gasteiger partial charge in [0.2, 0.25) is 10.0 Å². The number of rotatable bonds is 7. The first-order chi connectivity index (χ1) is 13.9. The van der Waals surface area contributed by atoms with Gasteiger partial charge in [-0.2, -0.15) is 4.31 Å². The van der Waals surface area contributed by atoms with Crippen LogP contribution in [0, 0.1) is 5.92 Å². The van der Waals surface area contributed by atoms with Gasteiger partial charge in [0, 0.05) is 19.6 Å². The molecule has 0 radical (unpaired) electrons. The predicted octanol–water partition coefficient (Wildman–Crippen LogP) is 3.37. The van der Waals surface area contributed by atoms with Gasteiger partial charge < -0.3 is 10.2 Å². The Hall–Kier alpha value is -1.15. The first kappa shape index (κ1) is 22.5. The number of hydrogen-bond donors (Lipinski definition) is 1. The minimum Gasteiger partial charge on any atom is -0.352 e. The van der Waals surface area contributed by atoms with E-state index in [9.17, 15) is 13.2 Å². The van der Waals surface area contributed by atoms with Gasteiger partial charge in [0.15, 0.2) is 0 Å². The molecular weight excluding hydrogens is 410 g/mol. The van der Waals surface area contributed by atoms with Crippen molar-refractivity contribution in [3.05, 3.63) is 28.8 Å². The van der Waals surface area contributed by atoms with E-state index in [1.807, 2.05) is 0 Å². The second-order valence-electron chi connectivity index (χ2n) is 8.24. The van der Waals surface area contributed by atoms with Crippen molar-refractivity contribution < 1.29 is 13.2 Å². The molecule has 2 fully saturated rings. The molecular formula is C21H32ClN3O3S. The molecule has 3 rings (SSSR count). The fraction of sp³-hybridized carbons (Fsp3) is 0.667. The number of halogens is 1. The smallest absolute Gasteiger partial charge is 0.252 e. The van der Waals surface area contributed by atoms with E-state index in [1.54, 1.807) is 0 Å². The number of amides is 1. The van der Waals surface area contributed by atoms with E-state index >= 15 is 0 Å². The van der Waals surface area contributed by atoms with Gasteiger partial charge >= 0.3 is 0 Å². The van der Waals surface area contributed by atoms with Gasteiger partial charge in [-0.15, -0.1) is 0 Å². The molecule has 6 nitrogen and oxygen atoms in total. The van der Waals surface area contributed by atoms with Gasteiger partial charge in [0.05, 0.1) is 15.5 Å². The summed E-state index contributed by atoms with van der Waals surface area (Å²) in [6, 6.07) is 4.40. The van der Waals surface area contributed by atoms with Crippen molar-refractivity contribution in [2.45, 2.75) is 50.3 Å². The monoisotopic (exact) mass is 441 g/mol. The fourth-order valence-corrected chi connectivity index (χ4v) is 5.70. The van der Waals surface area contributed by atoms with Crippen LogP contribution in [0.1, 0.15) is 55.8 Å². The molecule has 0 spiro atoms. The number of carbonyl (C=O) groups is 1. The molecule has 2 heterocycles. The summed E-state index contributed by atoms with van der Waals surface area (Å²) in [5.41, 5.74) is 0.219. The molecule has 1 aromatic rings. The van der Waals surface area contributed by atoms with Crippen molar-refractivity contribution in [3.63, 3.8) is 0 Å². The molecule has 2 aliphatic rings. The Kier molecular flexibility index (Phi) is 7.96. The first-order valence-electron chi connectivity index (χ1n) is 10.7. The molecule has 2 saturated heterocycles. The van der Waals surface area contributed by atoms with E-state index in [0.29, 0.717) is 25.6 Å². The van der Waals surface area contributed by atoms with E-state index < -0.39 is 10.0 Å². The summed E-state index contributed by atoms with van der Waals surface area (Å²) in [6.45, 7) is 6.96. The summed E-state index contributed by atoms with van der Waals surface area (Å²) in [4.78, 5) is 15.2. The molecule has 8 heteroatoms. The number of sulfonamides is 1. The Morgan fingerprint density at radius 2 is 1.83 bits per heavy atom. The summed E-state index contributed by atoms with van der Waals surface area (Å²) < 4.78 is 27.4. The largest absolute Gasteiger partial charge is 0.352 e. The van der Waals surface area contributed by atoms with E-state index in [-0.39, 0.29) is 21.4 Å². The highest BCUT2D eigenvalue weighted by atomic mass is 35.5. The molecule has 0 aromatic heterocycles. The maximum Gasteiger partial charge on any atom is 0.252 e. The van der Waals surface area contributed by atoms with Crippen molar-refractivity contribution in [1.29, 1.82) is 0 Å². The van der Waals surface area contributed by atoms with Crippen LogP contribution in [0.2, 0.25) is 5.02 Å². The molecule has 1 aromatic carbocycles. The molecule has 0 bridgehead atoms. The van der Waals surface area contributed by atoms with Gasteiger partial charge in [-0.25, -0.2) is 8.42 Å². The van der Waals surface area contributed by atoms with E-state index in [2.05, 4.69) is 17.1 Å². The first-order valence-corrected chi connectivity index (χ1v) is 12.5. The fourth-order valence-electron chi connectivity index (χ4n) is 4.00. The summed E-state index contributed by atoms with van der Waals surface area (Å²) in [5.74, 6) is 0.218. The van der Waals surface area contributed by atoms with Crippen LogP contribution in [0.5, 0.6) is 0 Å². The number of likely N-dealkylation sites (tertiary alicyclic amines) is 1. The van der Waals surface area contributed by atoms with Gasteiger partial charge in [0.25, 0.3) is 5.91 Å². The molecule has 0 aliphatic carbocycles. The SMILES string of the molecule is CC1CCN(S(=O)(=O)c2ccc(Cl)c(C(=O)NCCCN3CCCCC3)c2)CC1. The van der Waals surface area contributed by atoms with Crippen molar-refractivity contribution in [3.8, 4) is 0 Å². The zero-order valence-electron chi connectivity index (χ0n) is 17.2. The third-order valence-corrected chi connectivity index (χ3v) is 8.17. The number of hydrogen-bond acceptors (Lipinski definition) is 4. The molecule has 162 valence electrons. The predicted molar refractivity (Wildman–Crippen MR) is 116 cm³/mol. The number of carbonyl (C=O) groups excluding carboxylic acids is 1. The number of nitrogens with one attached hydrogen (secondary N) is 1. The maximum absolute atomic E-state index is 13.0. The van der Waals surface area contributed by atoms with Crippen LogP contribution in [0.3, 0.4) is 0 Å². The topological polar surface area (TPSA) is 69.7 Å². The molecule has 1 amide bonds. The zero-order chi connectivity index (χ0) is 20.9. The lowest BCUT2D eigenvalue weighted by molar-refractivity contribution is 0.0951. The van der Waals surface area contributed by atoms with Crippen molar-refractivity contribution in [2.24, 2.45) is 5.92 Å². The third-order valence-electron chi connectivity index (χ3n) is 5.95. The van der Waals surface area contributed by atoms with Gasteiger partial charge in [-0.05, 0) is 75.9 Å². The van der Waals surface area contributed by atoms with Crippen molar-refractivity contribution in [2.75, 3.05) is 39.3 Å². The van der Waals surface area contributed by atoms with E-state index in [1.165, 1.54) is 41.8 Å². The van der Waals surface area contributed by atoms with Gasteiger partial charge in [0.1, 0.15) is 0 Å². The summed E-state index contributed by atoms with van der Waals surface area (Å²) in [6.07, 6.45) is 6.39. The van der Waals surface area contributed by atoms with Crippen LogP contribution in [0.4, 0.5) is 0 Å². The lowest BCUT2D eigenvalue weighted by atomic mass is 10.0. The second kappa shape index (κ2) is 10.2. The van der Waals surface area contributed by atoms with Crippen LogP contribution in [0.15, 0.2) is 23.1 Å². The standard InChI is InChI=1S/C21H32ClN3O3S/c1-17-8-14-25(15-9-17)29(27,28)18-6-7-20(22)19(16-18)21(26)23-10-5-13-24-11-3-2-4-12-24/h6-7,16-17H,2-5,8-15H2,1H3,(H,23,26). The number of benzene rings is 1. The van der Waals surface area contributed by atoms with Crippen molar-refractivity contribution >= 4 is 27.5 Å². The lowest BCUT2D eigenvalue weighted by Gasteiger charge is -2.29. The normalized spacial score (nSPS) is 19.9.